The lowest BCUT2D eigenvalue weighted by atomic mass is 9.94. The number of Topliss-reactive ketones (excluding diaryl/α,β-unsaturated/α-hetero) is 1. The molecule has 1 heterocycles. The zero-order valence-electron chi connectivity index (χ0n) is 14.5. The van der Waals surface area contributed by atoms with Crippen molar-refractivity contribution in [3.05, 3.63) is 29.8 Å². The first-order chi connectivity index (χ1) is 10.5. The molecule has 5 nitrogen and oxygen atoms in total. The van der Waals surface area contributed by atoms with Crippen LogP contribution in [0.5, 0.6) is 0 Å². The number of hydrogen-bond acceptors (Lipinski definition) is 4. The second-order valence-corrected chi connectivity index (χ2v) is 8.72. The maximum Gasteiger partial charge on any atom is 0.265 e. The second-order valence-electron chi connectivity index (χ2n) is 6.91. The van der Waals surface area contributed by atoms with Crippen LogP contribution < -0.4 is 0 Å². The molecule has 2 rings (SSSR count). The molecule has 0 saturated heterocycles. The quantitative estimate of drug-likeness (QED) is 0.849. The first-order valence-corrected chi connectivity index (χ1v) is 9.14. The Morgan fingerprint density at radius 1 is 1.22 bits per heavy atom. The van der Waals surface area contributed by atoms with Gasteiger partial charge in [0.2, 0.25) is 0 Å². The molecule has 1 atom stereocenters. The van der Waals surface area contributed by atoms with E-state index in [0.29, 0.717) is 5.84 Å². The van der Waals surface area contributed by atoms with Gasteiger partial charge in [0.05, 0.1) is 10.4 Å². The molecule has 23 heavy (non-hydrogen) atoms. The Labute approximate surface area is 138 Å². The lowest BCUT2D eigenvalue weighted by Crippen LogP contribution is -2.51. The molecule has 1 aliphatic rings. The van der Waals surface area contributed by atoms with Gasteiger partial charge in [0, 0.05) is 5.92 Å². The van der Waals surface area contributed by atoms with Crippen LogP contribution in [-0.4, -0.2) is 35.9 Å². The molecule has 0 saturated carbocycles. The van der Waals surface area contributed by atoms with Gasteiger partial charge in [-0.2, -0.15) is 0 Å². The van der Waals surface area contributed by atoms with E-state index in [4.69, 9.17) is 0 Å². The minimum absolute atomic E-state index is 0.0983. The van der Waals surface area contributed by atoms with Gasteiger partial charge < -0.3 is 0 Å². The zero-order chi connectivity index (χ0) is 17.6. The van der Waals surface area contributed by atoms with Gasteiger partial charge in [-0.1, -0.05) is 31.5 Å². The molecule has 1 aromatic carbocycles. The Morgan fingerprint density at radius 2 is 1.74 bits per heavy atom. The molecule has 1 unspecified atom stereocenters. The monoisotopic (exact) mass is 336 g/mol. The molecule has 0 N–H and O–H groups in total. The second kappa shape index (κ2) is 5.74. The summed E-state index contributed by atoms with van der Waals surface area (Å²) >= 11 is 0. The minimum Gasteiger partial charge on any atom is -0.298 e. The lowest BCUT2D eigenvalue weighted by molar-refractivity contribution is -0.120. The van der Waals surface area contributed by atoms with Gasteiger partial charge in [-0.15, -0.1) is 0 Å². The van der Waals surface area contributed by atoms with Crippen molar-refractivity contribution in [2.45, 2.75) is 58.0 Å². The normalized spacial score (nSPS) is 20.7. The van der Waals surface area contributed by atoms with E-state index in [-0.39, 0.29) is 16.6 Å². The Kier molecular flexibility index (Phi) is 4.41. The minimum atomic E-state index is -3.83. The van der Waals surface area contributed by atoms with Crippen molar-refractivity contribution >= 4 is 21.6 Å². The number of hydrogen-bond donors (Lipinski definition) is 0. The summed E-state index contributed by atoms with van der Waals surface area (Å²) in [6.45, 7) is 10.7. The Balaban J connectivity index is 2.63. The van der Waals surface area contributed by atoms with Gasteiger partial charge in [-0.05, 0) is 39.8 Å². The number of carbonyl (C=O) groups is 1. The first kappa shape index (κ1) is 17.7. The first-order valence-electron chi connectivity index (χ1n) is 7.70. The summed E-state index contributed by atoms with van der Waals surface area (Å²) in [5.41, 5.74) is 0.204. The third-order valence-electron chi connectivity index (χ3n) is 4.01. The van der Waals surface area contributed by atoms with Crippen LogP contribution in [0.15, 0.2) is 34.2 Å². The van der Waals surface area contributed by atoms with E-state index >= 15 is 0 Å². The third-order valence-corrected chi connectivity index (χ3v) is 5.80. The number of ketones is 1. The van der Waals surface area contributed by atoms with E-state index in [2.05, 4.69) is 4.99 Å². The highest BCUT2D eigenvalue weighted by atomic mass is 32.2. The van der Waals surface area contributed by atoms with Gasteiger partial charge in [-0.3, -0.25) is 9.79 Å². The molecule has 0 spiro atoms. The molecule has 1 aliphatic heterocycles. The van der Waals surface area contributed by atoms with Crippen molar-refractivity contribution in [1.29, 1.82) is 0 Å². The third kappa shape index (κ3) is 3.04. The van der Waals surface area contributed by atoms with E-state index in [1.54, 1.807) is 38.1 Å². The average molecular weight is 336 g/mol. The van der Waals surface area contributed by atoms with Gasteiger partial charge in [0.15, 0.2) is 5.78 Å². The van der Waals surface area contributed by atoms with Crippen molar-refractivity contribution in [3.63, 3.8) is 0 Å². The predicted octanol–water partition coefficient (Wildman–Crippen LogP) is 2.79. The summed E-state index contributed by atoms with van der Waals surface area (Å²) in [6, 6.07) is 5.84. The number of benzene rings is 1. The highest BCUT2D eigenvalue weighted by molar-refractivity contribution is 7.89. The van der Waals surface area contributed by atoms with Crippen molar-refractivity contribution in [2.75, 3.05) is 0 Å². The van der Waals surface area contributed by atoms with Crippen molar-refractivity contribution < 1.29 is 13.2 Å². The molecule has 126 valence electrons. The summed E-state index contributed by atoms with van der Waals surface area (Å²) < 4.78 is 27.5. The lowest BCUT2D eigenvalue weighted by Gasteiger charge is -2.31. The number of rotatable bonds is 4. The van der Waals surface area contributed by atoms with Crippen molar-refractivity contribution in [1.82, 2.24) is 4.31 Å². The summed E-state index contributed by atoms with van der Waals surface area (Å²) in [7, 11) is -3.83. The summed E-state index contributed by atoms with van der Waals surface area (Å²) in [5, 5.41) is 0. The van der Waals surface area contributed by atoms with Crippen LogP contribution in [-0.2, 0) is 14.8 Å². The van der Waals surface area contributed by atoms with Gasteiger partial charge in [0.1, 0.15) is 11.9 Å². The van der Waals surface area contributed by atoms with Crippen LogP contribution in [0.3, 0.4) is 0 Å². The number of aryl methyl sites for hydroxylation is 1. The Bertz CT molecular complexity index is 747. The fraction of sp³-hybridized carbons (Fsp3) is 0.529. The van der Waals surface area contributed by atoms with E-state index in [0.717, 1.165) is 5.56 Å². The van der Waals surface area contributed by atoms with Crippen molar-refractivity contribution in [3.8, 4) is 0 Å². The van der Waals surface area contributed by atoms with E-state index in [1.807, 2.05) is 20.8 Å². The molecular formula is C17H24N2O3S. The number of carbonyl (C=O) groups excluding carboxylic acids is 1. The maximum absolute atomic E-state index is 13.2. The molecule has 1 aromatic rings. The van der Waals surface area contributed by atoms with Crippen LogP contribution in [0.1, 0.15) is 40.2 Å². The van der Waals surface area contributed by atoms with E-state index in [1.165, 1.54) is 11.2 Å². The molecule has 0 radical (unpaired) electrons. The molecule has 0 amide bonds. The summed E-state index contributed by atoms with van der Waals surface area (Å²) in [4.78, 5) is 16.9. The van der Waals surface area contributed by atoms with Gasteiger partial charge >= 0.3 is 0 Å². The van der Waals surface area contributed by atoms with E-state index in [9.17, 15) is 13.2 Å². The molecule has 0 aromatic heterocycles. The van der Waals surface area contributed by atoms with Crippen molar-refractivity contribution in [2.24, 2.45) is 10.9 Å². The molecule has 0 aliphatic carbocycles. The number of sulfonamides is 1. The molecule has 6 heteroatoms. The Morgan fingerprint density at radius 3 is 2.17 bits per heavy atom. The highest BCUT2D eigenvalue weighted by Crippen LogP contribution is 2.35. The van der Waals surface area contributed by atoms with E-state index < -0.39 is 21.6 Å². The van der Waals surface area contributed by atoms with Gasteiger partial charge in [-0.25, -0.2) is 12.7 Å². The molecule has 0 fully saturated rings. The SMILES string of the molecule is CC(=O)C1N(S(=O)(=O)c2ccc(C)cc2)C(C(C)C)=NC1(C)C. The summed E-state index contributed by atoms with van der Waals surface area (Å²) in [5.74, 6) is 0.139. The number of nitrogens with zero attached hydrogens (tertiary/aromatic N) is 2. The van der Waals surface area contributed by atoms with Crippen LogP contribution >= 0.6 is 0 Å². The maximum atomic E-state index is 13.2. The molecule has 0 bridgehead atoms. The summed E-state index contributed by atoms with van der Waals surface area (Å²) in [6.07, 6.45) is 0. The van der Waals surface area contributed by atoms with Crippen LogP contribution in [0, 0.1) is 12.8 Å². The number of amidine groups is 1. The fourth-order valence-corrected chi connectivity index (χ4v) is 4.85. The average Bonchev–Trinajstić information content (AvgIpc) is 2.72. The smallest absolute Gasteiger partial charge is 0.265 e. The van der Waals surface area contributed by atoms with Crippen LogP contribution in [0.2, 0.25) is 0 Å². The van der Waals surface area contributed by atoms with Gasteiger partial charge in [0.25, 0.3) is 10.0 Å². The highest BCUT2D eigenvalue weighted by Gasteiger charge is 2.50. The predicted molar refractivity (Wildman–Crippen MR) is 91.0 cm³/mol. The fourth-order valence-electron chi connectivity index (χ4n) is 2.96. The standard InChI is InChI=1S/C17H24N2O3S/c1-11(2)16-18-17(5,6)15(13(4)20)19(16)23(21,22)14-9-7-12(3)8-10-14/h7-11,15H,1-6H3. The zero-order valence-corrected chi connectivity index (χ0v) is 15.3. The van der Waals surface area contributed by atoms with Crippen LogP contribution in [0.4, 0.5) is 0 Å². The Hall–Kier alpha value is -1.69. The van der Waals surface area contributed by atoms with Crippen LogP contribution in [0.25, 0.3) is 0 Å². The topological polar surface area (TPSA) is 66.8 Å². The number of aliphatic imine (C=N–C) groups is 1. The molecular weight excluding hydrogens is 312 g/mol. The largest absolute Gasteiger partial charge is 0.298 e.